The quantitative estimate of drug-likeness (QED) is 0.365. The fourth-order valence-corrected chi connectivity index (χ4v) is 1.25. The highest BCUT2D eigenvalue weighted by Crippen LogP contribution is 2.16. The van der Waals surface area contributed by atoms with Gasteiger partial charge >= 0.3 is 0 Å². The number of hydrogen-bond donors (Lipinski definition) is 2. The highest BCUT2D eigenvalue weighted by Gasteiger charge is 2.30. The Hall–Kier alpha value is -1.54. The molecule has 16 heavy (non-hydrogen) atoms. The van der Waals surface area contributed by atoms with Crippen molar-refractivity contribution >= 4 is 0 Å². The largest absolute Gasteiger partial charge is 0.389 e. The van der Waals surface area contributed by atoms with Gasteiger partial charge in [0.15, 0.2) is 0 Å². The highest BCUT2D eigenvalue weighted by atomic mass is 16.6. The van der Waals surface area contributed by atoms with E-state index in [4.69, 9.17) is 10.2 Å². The normalized spacial score (nSPS) is 16.2. The summed E-state index contributed by atoms with van der Waals surface area (Å²) in [5.74, 6) is 0. The van der Waals surface area contributed by atoms with Crippen LogP contribution in [0.3, 0.4) is 0 Å². The van der Waals surface area contributed by atoms with Gasteiger partial charge in [-0.2, -0.15) is 0 Å². The Morgan fingerprint density at radius 1 is 1.00 bits per heavy atom. The second-order valence-corrected chi connectivity index (χ2v) is 3.33. The fourth-order valence-electron chi connectivity index (χ4n) is 1.25. The summed E-state index contributed by atoms with van der Waals surface area (Å²) in [6.45, 7) is 1.22. The van der Waals surface area contributed by atoms with Crippen LogP contribution in [0.5, 0.6) is 0 Å². The summed E-state index contributed by atoms with van der Waals surface area (Å²) < 4.78 is 0. The molecule has 92 valence electrons. The monoisotopic (exact) mass is 234 g/mol. The van der Waals surface area contributed by atoms with E-state index in [1.54, 1.807) is 0 Å². The van der Waals surface area contributed by atoms with Crippen molar-refractivity contribution in [1.82, 2.24) is 0 Å². The van der Waals surface area contributed by atoms with Crippen molar-refractivity contribution in [1.29, 1.82) is 0 Å². The topological polar surface area (TPSA) is 127 Å². The van der Waals surface area contributed by atoms with Gasteiger partial charge in [-0.05, 0) is 13.8 Å². The van der Waals surface area contributed by atoms with Crippen LogP contribution in [0, 0.1) is 20.2 Å². The summed E-state index contributed by atoms with van der Waals surface area (Å²) in [4.78, 5) is 19.6. The first-order chi connectivity index (χ1) is 7.36. The summed E-state index contributed by atoms with van der Waals surface area (Å²) in [5, 5.41) is 38.7. The second kappa shape index (κ2) is 6.13. The summed E-state index contributed by atoms with van der Waals surface area (Å²) in [6, 6.07) is -2.73. The summed E-state index contributed by atoms with van der Waals surface area (Å²) in [5.41, 5.74) is 0.200. The Morgan fingerprint density at radius 2 is 1.25 bits per heavy atom. The van der Waals surface area contributed by atoms with Crippen molar-refractivity contribution in [3.05, 3.63) is 31.4 Å². The molecule has 0 saturated heterocycles. The van der Waals surface area contributed by atoms with Crippen LogP contribution in [0.4, 0.5) is 0 Å². The van der Waals surface area contributed by atoms with Crippen LogP contribution in [0.25, 0.3) is 0 Å². The van der Waals surface area contributed by atoms with Crippen LogP contribution < -0.4 is 0 Å². The smallest absolute Gasteiger partial charge is 0.257 e. The second-order valence-electron chi connectivity index (χ2n) is 3.33. The Bertz CT molecular complexity index is 284. The highest BCUT2D eigenvalue weighted by molar-refractivity contribution is 5.18. The van der Waals surface area contributed by atoms with Gasteiger partial charge in [-0.15, -0.1) is 0 Å². The molecule has 0 aliphatic heterocycles. The van der Waals surface area contributed by atoms with Crippen LogP contribution in [0.1, 0.15) is 13.8 Å². The molecule has 0 aromatic carbocycles. The maximum Gasteiger partial charge on any atom is 0.257 e. The van der Waals surface area contributed by atoms with Gasteiger partial charge in [0.2, 0.25) is 0 Å². The lowest BCUT2D eigenvalue weighted by Crippen LogP contribution is -2.31. The van der Waals surface area contributed by atoms with Crippen molar-refractivity contribution < 1.29 is 20.1 Å². The van der Waals surface area contributed by atoms with Crippen LogP contribution in [-0.2, 0) is 0 Å². The van der Waals surface area contributed by atoms with E-state index in [0.29, 0.717) is 0 Å². The molecule has 0 heterocycles. The minimum atomic E-state index is -1.37. The van der Waals surface area contributed by atoms with E-state index in [1.165, 1.54) is 13.8 Å². The zero-order valence-corrected chi connectivity index (χ0v) is 8.99. The van der Waals surface area contributed by atoms with E-state index < -0.39 is 35.1 Å². The van der Waals surface area contributed by atoms with Crippen LogP contribution >= 0.6 is 0 Å². The molecule has 0 aliphatic rings. The first-order valence-corrected chi connectivity index (χ1v) is 4.52. The molecule has 0 amide bonds. The predicted octanol–water partition coefficient (Wildman–Crippen LogP) is -0.402. The lowest BCUT2D eigenvalue weighted by atomic mass is 9.99. The molecule has 0 aliphatic carbocycles. The predicted molar refractivity (Wildman–Crippen MR) is 54.1 cm³/mol. The number of aliphatic hydroxyl groups is 2. The zero-order chi connectivity index (χ0) is 12.9. The third-order valence-corrected chi connectivity index (χ3v) is 2.48. The van der Waals surface area contributed by atoms with Crippen molar-refractivity contribution in [2.45, 2.75) is 25.9 Å². The lowest BCUT2D eigenvalue weighted by Gasteiger charge is -2.13. The Morgan fingerprint density at radius 3 is 1.38 bits per heavy atom. The van der Waals surface area contributed by atoms with Crippen molar-refractivity contribution in [3.8, 4) is 0 Å². The minimum absolute atomic E-state index is 0.100. The molecule has 0 aromatic heterocycles. The fraction of sp³-hybridized carbons (Fsp3) is 0.750. The maximum atomic E-state index is 10.5. The molecule has 0 aromatic rings. The number of nitrogens with zero attached hydrogens (tertiary/aromatic N) is 2. The third-order valence-electron chi connectivity index (χ3n) is 2.48. The molecule has 8 nitrogen and oxygen atoms in total. The van der Waals surface area contributed by atoms with E-state index in [-0.39, 0.29) is 11.1 Å². The molecular formula is C8H14N2O6. The van der Waals surface area contributed by atoms with E-state index >= 15 is 0 Å². The van der Waals surface area contributed by atoms with Gasteiger partial charge < -0.3 is 10.2 Å². The van der Waals surface area contributed by atoms with E-state index in [2.05, 4.69) is 0 Å². The molecule has 0 saturated carbocycles. The average molecular weight is 234 g/mol. The molecule has 0 spiro atoms. The summed E-state index contributed by atoms with van der Waals surface area (Å²) in [7, 11) is 0. The number of rotatable bonds is 6. The Labute approximate surface area is 91.5 Å². The number of aliphatic hydroxyl groups excluding tert-OH is 2. The van der Waals surface area contributed by atoms with E-state index in [9.17, 15) is 20.2 Å². The third kappa shape index (κ3) is 3.24. The van der Waals surface area contributed by atoms with E-state index in [1.807, 2.05) is 0 Å². The van der Waals surface area contributed by atoms with Gasteiger partial charge in [-0.1, -0.05) is 0 Å². The van der Waals surface area contributed by atoms with Gasteiger partial charge in [-0.25, -0.2) is 0 Å². The molecule has 8 heteroatoms. The van der Waals surface area contributed by atoms with Gasteiger partial charge in [0.05, 0.1) is 0 Å². The Kier molecular flexibility index (Phi) is 5.54. The van der Waals surface area contributed by atoms with Crippen LogP contribution in [0.2, 0.25) is 0 Å². The van der Waals surface area contributed by atoms with E-state index in [0.717, 1.165) is 0 Å². The SMILES string of the molecule is CC(=C(C)C(CO)[N+](=O)[O-])C(CO)[N+](=O)[O-]. The van der Waals surface area contributed by atoms with Crippen LogP contribution in [-0.4, -0.2) is 45.4 Å². The molecule has 2 unspecified atom stereocenters. The molecule has 0 rings (SSSR count). The molecule has 0 fully saturated rings. The standard InChI is InChI=1S/C8H14N2O6/c1-5(7(3-11)9(13)14)6(2)8(4-12)10(15)16/h7-8,11-12H,3-4H2,1-2H3. The average Bonchev–Trinajstić information content (AvgIpc) is 2.18. The number of hydrogen-bond acceptors (Lipinski definition) is 6. The molecule has 0 radical (unpaired) electrons. The van der Waals surface area contributed by atoms with Gasteiger partial charge in [0.25, 0.3) is 12.1 Å². The van der Waals surface area contributed by atoms with Gasteiger partial charge in [0.1, 0.15) is 13.2 Å². The lowest BCUT2D eigenvalue weighted by molar-refractivity contribution is -0.521. The molecule has 2 N–H and O–H groups in total. The summed E-state index contributed by atoms with van der Waals surface area (Å²) in [6.07, 6.45) is 0. The van der Waals surface area contributed by atoms with Crippen molar-refractivity contribution in [2.24, 2.45) is 0 Å². The molecular weight excluding hydrogens is 220 g/mol. The maximum absolute atomic E-state index is 10.5. The Balaban J connectivity index is 5.19. The molecule has 0 bridgehead atoms. The van der Waals surface area contributed by atoms with Crippen LogP contribution in [0.15, 0.2) is 11.1 Å². The first kappa shape index (κ1) is 14.5. The van der Waals surface area contributed by atoms with Crippen molar-refractivity contribution in [2.75, 3.05) is 13.2 Å². The summed E-state index contributed by atoms with van der Waals surface area (Å²) >= 11 is 0. The van der Waals surface area contributed by atoms with Gasteiger partial charge in [-0.3, -0.25) is 20.2 Å². The zero-order valence-electron chi connectivity index (χ0n) is 8.99. The van der Waals surface area contributed by atoms with Crippen molar-refractivity contribution in [3.63, 3.8) is 0 Å². The molecule has 2 atom stereocenters. The van der Waals surface area contributed by atoms with Gasteiger partial charge in [0, 0.05) is 21.0 Å². The number of nitro groups is 2. The first-order valence-electron chi connectivity index (χ1n) is 4.52. The minimum Gasteiger partial charge on any atom is -0.389 e.